The molecule has 0 unspecified atom stereocenters. The van der Waals surface area contributed by atoms with E-state index in [9.17, 15) is 15.0 Å². The molecule has 6 nitrogen and oxygen atoms in total. The number of carbonyl (C=O) groups is 1. The quantitative estimate of drug-likeness (QED) is 0.373. The van der Waals surface area contributed by atoms with Gasteiger partial charge < -0.3 is 29.8 Å². The van der Waals surface area contributed by atoms with Crippen molar-refractivity contribution in [3.63, 3.8) is 0 Å². The molecule has 2 aromatic rings. The van der Waals surface area contributed by atoms with Crippen LogP contribution in [-0.4, -0.2) is 43.0 Å². The Balaban J connectivity index is 0.00000300. The van der Waals surface area contributed by atoms with Gasteiger partial charge in [-0.15, -0.1) is 0 Å². The van der Waals surface area contributed by atoms with Crippen LogP contribution in [0.15, 0.2) is 48.5 Å². The molecule has 2 aromatic carbocycles. The minimum atomic E-state index is -1.24. The van der Waals surface area contributed by atoms with Gasteiger partial charge in [0.05, 0.1) is 5.97 Å². The summed E-state index contributed by atoms with van der Waals surface area (Å²) in [6, 6.07) is 15.4. The zero-order valence-electron chi connectivity index (χ0n) is 16.8. The second kappa shape index (κ2) is 12.2. The maximum absolute atomic E-state index is 10.6. The number of rotatable bonds is 9. The van der Waals surface area contributed by atoms with E-state index in [4.69, 9.17) is 9.47 Å². The normalized spacial score (nSPS) is 16.7. The van der Waals surface area contributed by atoms with Crippen LogP contribution in [0.1, 0.15) is 24.0 Å². The zero-order valence-corrected chi connectivity index (χ0v) is 18.8. The number of carbonyl (C=O) groups excluding carboxylic acids is 1. The molecule has 0 aromatic heterocycles. The van der Waals surface area contributed by atoms with Gasteiger partial charge in [0.1, 0.15) is 30.8 Å². The van der Waals surface area contributed by atoms with Crippen molar-refractivity contribution in [3.05, 3.63) is 59.7 Å². The summed E-state index contributed by atoms with van der Waals surface area (Å²) in [5.41, 5.74) is 2.42. The summed E-state index contributed by atoms with van der Waals surface area (Å²) in [4.78, 5) is 10.6. The summed E-state index contributed by atoms with van der Waals surface area (Å²) in [6.07, 6.45) is 3.26. The van der Waals surface area contributed by atoms with E-state index in [2.05, 4.69) is 5.32 Å². The molecule has 1 aliphatic rings. The fourth-order valence-electron chi connectivity index (χ4n) is 3.42. The first-order valence-electron chi connectivity index (χ1n) is 9.64. The first kappa shape index (κ1) is 23.7. The number of nitrogens with one attached hydrogen (secondary N) is 1. The minimum Gasteiger partial charge on any atom is -0.546 e. The minimum absolute atomic E-state index is 0. The second-order valence-electron chi connectivity index (χ2n) is 7.07. The van der Waals surface area contributed by atoms with Crippen molar-refractivity contribution in [2.75, 3.05) is 19.8 Å². The number of aliphatic carboxylic acids is 1. The molecule has 0 heterocycles. The van der Waals surface area contributed by atoms with Gasteiger partial charge in [-0.3, -0.25) is 0 Å². The SMILES string of the molecule is O=C([O-])COc1ccc2c(c1)C[C@H](NC[C@@H](O)COc1ccccc1)CCC2.[Na+]. The Labute approximate surface area is 193 Å². The maximum atomic E-state index is 10.6. The predicted molar refractivity (Wildman–Crippen MR) is 103 cm³/mol. The topological polar surface area (TPSA) is 90.9 Å². The largest absolute Gasteiger partial charge is 1.00 e. The molecule has 3 rings (SSSR count). The third kappa shape index (κ3) is 7.99. The molecule has 0 amide bonds. The van der Waals surface area contributed by atoms with Gasteiger partial charge in [0.2, 0.25) is 0 Å². The summed E-state index contributed by atoms with van der Waals surface area (Å²) < 4.78 is 10.8. The molecule has 2 N–H and O–H groups in total. The smallest absolute Gasteiger partial charge is 0.546 e. The van der Waals surface area contributed by atoms with Gasteiger partial charge in [-0.25, -0.2) is 0 Å². The first-order chi connectivity index (χ1) is 13.6. The number of aryl methyl sites for hydroxylation is 1. The average molecular weight is 407 g/mol. The van der Waals surface area contributed by atoms with Crippen LogP contribution >= 0.6 is 0 Å². The molecule has 150 valence electrons. The van der Waals surface area contributed by atoms with Crippen molar-refractivity contribution in [1.29, 1.82) is 0 Å². The van der Waals surface area contributed by atoms with E-state index in [0.29, 0.717) is 12.3 Å². The molecule has 0 saturated heterocycles. The summed E-state index contributed by atoms with van der Waals surface area (Å²) in [7, 11) is 0. The number of carboxylic acids is 1. The summed E-state index contributed by atoms with van der Waals surface area (Å²) in [5.74, 6) is 0.0510. The standard InChI is InChI=1S/C22H27NO5.Na/c24-19(14-27-20-7-2-1-3-8-20)13-23-18-6-4-5-16-9-10-21(12-17(16)11-18)28-15-22(25)26;/h1-3,7-10,12,18-19,23-24H,4-6,11,13-15H2,(H,25,26);/q;+1/p-1/t18-,19-;/m1./s1. The summed E-state index contributed by atoms with van der Waals surface area (Å²) in [5, 5.41) is 24.2. The average Bonchev–Trinajstić information content (AvgIpc) is 2.91. The Bertz CT molecular complexity index is 771. The van der Waals surface area contributed by atoms with Crippen molar-refractivity contribution in [1.82, 2.24) is 5.32 Å². The van der Waals surface area contributed by atoms with Crippen LogP contribution in [0.4, 0.5) is 0 Å². The number of aliphatic hydroxyl groups excluding tert-OH is 1. The van der Waals surface area contributed by atoms with Gasteiger partial charge in [0.25, 0.3) is 0 Å². The van der Waals surface area contributed by atoms with Crippen molar-refractivity contribution in [2.24, 2.45) is 0 Å². The van der Waals surface area contributed by atoms with Crippen LogP contribution in [0, 0.1) is 0 Å². The van der Waals surface area contributed by atoms with Crippen LogP contribution < -0.4 is 49.5 Å². The van der Waals surface area contributed by atoms with E-state index in [-0.39, 0.29) is 42.2 Å². The van der Waals surface area contributed by atoms with Crippen molar-refractivity contribution >= 4 is 5.97 Å². The number of fused-ring (bicyclic) bond motifs is 1. The number of aliphatic hydroxyl groups is 1. The van der Waals surface area contributed by atoms with E-state index in [1.807, 2.05) is 42.5 Å². The fourth-order valence-corrected chi connectivity index (χ4v) is 3.42. The molecule has 0 aliphatic heterocycles. The molecule has 0 fully saturated rings. The van der Waals surface area contributed by atoms with Crippen molar-refractivity contribution in [2.45, 2.75) is 37.8 Å². The molecule has 0 bridgehead atoms. The van der Waals surface area contributed by atoms with Gasteiger partial charge in [-0.2, -0.15) is 0 Å². The number of benzene rings is 2. The van der Waals surface area contributed by atoms with E-state index in [1.165, 1.54) is 5.56 Å². The van der Waals surface area contributed by atoms with Crippen LogP contribution in [0.25, 0.3) is 0 Å². The second-order valence-corrected chi connectivity index (χ2v) is 7.07. The molecule has 0 saturated carbocycles. The third-order valence-electron chi connectivity index (χ3n) is 4.83. The molecule has 29 heavy (non-hydrogen) atoms. The van der Waals surface area contributed by atoms with Crippen molar-refractivity contribution < 1.29 is 54.0 Å². The third-order valence-corrected chi connectivity index (χ3v) is 4.83. The monoisotopic (exact) mass is 407 g/mol. The maximum Gasteiger partial charge on any atom is 1.00 e. The number of para-hydroxylation sites is 1. The van der Waals surface area contributed by atoms with E-state index in [0.717, 1.165) is 37.0 Å². The predicted octanol–water partition coefficient (Wildman–Crippen LogP) is -1.90. The molecular formula is C22H26NNaO5. The van der Waals surface area contributed by atoms with Crippen LogP contribution in [0.2, 0.25) is 0 Å². The number of hydrogen-bond donors (Lipinski definition) is 2. The van der Waals surface area contributed by atoms with Gasteiger partial charge in [0, 0.05) is 12.6 Å². The van der Waals surface area contributed by atoms with Crippen LogP contribution in [0.5, 0.6) is 11.5 Å². The first-order valence-corrected chi connectivity index (χ1v) is 9.64. The number of hydrogen-bond acceptors (Lipinski definition) is 6. The Hall–Kier alpha value is -1.57. The number of carboxylic acid groups (broad SMARTS) is 1. The molecular weight excluding hydrogens is 381 g/mol. The Morgan fingerprint density at radius 3 is 2.69 bits per heavy atom. The molecule has 0 radical (unpaired) electrons. The number of ether oxygens (including phenoxy) is 2. The zero-order chi connectivity index (χ0) is 19.8. The Morgan fingerprint density at radius 1 is 1.14 bits per heavy atom. The van der Waals surface area contributed by atoms with Gasteiger partial charge in [-0.05, 0) is 61.1 Å². The van der Waals surface area contributed by atoms with Gasteiger partial charge in [0.15, 0.2) is 0 Å². The molecule has 1 aliphatic carbocycles. The molecule has 7 heteroatoms. The van der Waals surface area contributed by atoms with Crippen LogP contribution in [-0.2, 0) is 17.6 Å². The van der Waals surface area contributed by atoms with E-state index >= 15 is 0 Å². The molecule has 2 atom stereocenters. The molecule has 0 spiro atoms. The van der Waals surface area contributed by atoms with Crippen LogP contribution in [0.3, 0.4) is 0 Å². The summed E-state index contributed by atoms with van der Waals surface area (Å²) >= 11 is 0. The fraction of sp³-hybridized carbons (Fsp3) is 0.409. The Kier molecular flexibility index (Phi) is 9.97. The van der Waals surface area contributed by atoms with Crippen molar-refractivity contribution in [3.8, 4) is 11.5 Å². The van der Waals surface area contributed by atoms with Gasteiger partial charge >= 0.3 is 29.6 Å². The Morgan fingerprint density at radius 2 is 1.93 bits per heavy atom. The van der Waals surface area contributed by atoms with Gasteiger partial charge in [-0.1, -0.05) is 24.3 Å². The van der Waals surface area contributed by atoms with E-state index in [1.54, 1.807) is 6.07 Å². The van der Waals surface area contributed by atoms with E-state index < -0.39 is 18.7 Å². The summed E-state index contributed by atoms with van der Waals surface area (Å²) in [6.45, 7) is 0.239.